The van der Waals surface area contributed by atoms with Gasteiger partial charge in [0.1, 0.15) is 0 Å². The number of carbonyl (C=O) groups is 1. The summed E-state index contributed by atoms with van der Waals surface area (Å²) < 4.78 is 5.33. The summed E-state index contributed by atoms with van der Waals surface area (Å²) in [6, 6.07) is 12.4. The van der Waals surface area contributed by atoms with E-state index in [0.29, 0.717) is 16.6 Å². The van der Waals surface area contributed by atoms with E-state index < -0.39 is 5.97 Å². The van der Waals surface area contributed by atoms with E-state index in [2.05, 4.69) is 9.97 Å². The highest BCUT2D eigenvalue weighted by Crippen LogP contribution is 2.25. The van der Waals surface area contributed by atoms with E-state index >= 15 is 0 Å². The van der Waals surface area contributed by atoms with Gasteiger partial charge in [0.2, 0.25) is 0 Å². The van der Waals surface area contributed by atoms with Crippen molar-refractivity contribution in [2.24, 2.45) is 0 Å². The molecular weight excluding hydrogens is 336 g/mol. The lowest BCUT2D eigenvalue weighted by Crippen LogP contribution is -2.00. The van der Waals surface area contributed by atoms with Gasteiger partial charge in [-0.3, -0.25) is 0 Å². The van der Waals surface area contributed by atoms with E-state index in [-0.39, 0.29) is 5.56 Å². The Morgan fingerprint density at radius 2 is 1.92 bits per heavy atom. The van der Waals surface area contributed by atoms with Crippen molar-refractivity contribution in [3.05, 3.63) is 71.1 Å². The van der Waals surface area contributed by atoms with E-state index in [1.807, 2.05) is 29.7 Å². The number of carboxylic acids is 1. The normalized spacial score (nSPS) is 11.4. The standard InChI is InChI=1S/C19H12N2O3S/c22-19(23)15-10-12(20-16-5-2-1-4-14(15)16)7-8-13-11-25-18(21-13)17-6-3-9-24-17/h1-11H,(H,22,23)/b8-7+. The van der Waals surface area contributed by atoms with Crippen LogP contribution in [0.1, 0.15) is 21.7 Å². The SMILES string of the molecule is O=C(O)c1cc(/C=C/c2csc(-c3ccco3)n2)nc2ccccc12. The smallest absolute Gasteiger partial charge is 0.336 e. The van der Waals surface area contributed by atoms with Crippen LogP contribution in [0.3, 0.4) is 0 Å². The predicted octanol–water partition coefficient (Wildman–Crippen LogP) is 4.82. The quantitative estimate of drug-likeness (QED) is 0.572. The maximum atomic E-state index is 11.5. The topological polar surface area (TPSA) is 76.2 Å². The van der Waals surface area contributed by atoms with Gasteiger partial charge in [0.05, 0.1) is 28.7 Å². The molecule has 1 N–H and O–H groups in total. The highest BCUT2D eigenvalue weighted by molar-refractivity contribution is 7.13. The monoisotopic (exact) mass is 348 g/mol. The summed E-state index contributed by atoms with van der Waals surface area (Å²) in [6.45, 7) is 0. The number of nitrogens with zero attached hydrogens (tertiary/aromatic N) is 2. The van der Waals surface area contributed by atoms with Crippen molar-refractivity contribution in [3.63, 3.8) is 0 Å². The number of aromatic nitrogens is 2. The van der Waals surface area contributed by atoms with Crippen molar-refractivity contribution in [2.45, 2.75) is 0 Å². The van der Waals surface area contributed by atoms with Gasteiger partial charge in [-0.2, -0.15) is 0 Å². The number of rotatable bonds is 4. The number of para-hydroxylation sites is 1. The number of thiazole rings is 1. The molecule has 122 valence electrons. The molecule has 0 saturated heterocycles. The zero-order valence-electron chi connectivity index (χ0n) is 12.9. The summed E-state index contributed by atoms with van der Waals surface area (Å²) >= 11 is 1.48. The molecule has 0 amide bonds. The van der Waals surface area contributed by atoms with Crippen LogP contribution in [-0.4, -0.2) is 21.0 Å². The number of furan rings is 1. The number of hydrogen-bond donors (Lipinski definition) is 1. The van der Waals surface area contributed by atoms with Gasteiger partial charge < -0.3 is 9.52 Å². The molecule has 0 fully saturated rings. The van der Waals surface area contributed by atoms with Crippen LogP contribution < -0.4 is 0 Å². The van der Waals surface area contributed by atoms with E-state index in [1.165, 1.54) is 11.3 Å². The molecule has 0 saturated carbocycles. The number of fused-ring (bicyclic) bond motifs is 1. The van der Waals surface area contributed by atoms with Crippen LogP contribution in [0.4, 0.5) is 0 Å². The fourth-order valence-electron chi connectivity index (χ4n) is 2.51. The summed E-state index contributed by atoms with van der Waals surface area (Å²) in [5, 5.41) is 12.8. The van der Waals surface area contributed by atoms with Crippen molar-refractivity contribution < 1.29 is 14.3 Å². The van der Waals surface area contributed by atoms with Gasteiger partial charge in [-0.25, -0.2) is 14.8 Å². The molecule has 0 bridgehead atoms. The minimum atomic E-state index is -0.970. The number of benzene rings is 1. The molecule has 3 aromatic heterocycles. The average Bonchev–Trinajstić information content (AvgIpc) is 3.30. The summed E-state index contributed by atoms with van der Waals surface area (Å²) in [6.07, 6.45) is 5.18. The molecule has 5 nitrogen and oxygen atoms in total. The highest BCUT2D eigenvalue weighted by atomic mass is 32.1. The summed E-state index contributed by atoms with van der Waals surface area (Å²) in [5.41, 5.74) is 2.23. The Balaban J connectivity index is 1.68. The third kappa shape index (κ3) is 3.07. The molecule has 0 atom stereocenters. The Morgan fingerprint density at radius 1 is 1.08 bits per heavy atom. The van der Waals surface area contributed by atoms with Gasteiger partial charge in [-0.05, 0) is 36.4 Å². The van der Waals surface area contributed by atoms with Crippen LogP contribution in [0.5, 0.6) is 0 Å². The Hall–Kier alpha value is -3.25. The molecular formula is C19H12N2O3S. The molecule has 4 rings (SSSR count). The second-order valence-corrected chi connectivity index (χ2v) is 6.16. The van der Waals surface area contributed by atoms with Crippen molar-refractivity contribution in [1.29, 1.82) is 0 Å². The van der Waals surface area contributed by atoms with E-state index in [4.69, 9.17) is 4.42 Å². The predicted molar refractivity (Wildman–Crippen MR) is 97.4 cm³/mol. The van der Waals surface area contributed by atoms with Gasteiger partial charge in [-0.15, -0.1) is 11.3 Å². The van der Waals surface area contributed by atoms with Crippen LogP contribution in [0.15, 0.2) is 58.5 Å². The van der Waals surface area contributed by atoms with E-state index in [1.54, 1.807) is 36.6 Å². The highest BCUT2D eigenvalue weighted by Gasteiger charge is 2.10. The third-order valence-corrected chi connectivity index (χ3v) is 4.52. The molecule has 25 heavy (non-hydrogen) atoms. The number of pyridine rings is 1. The second-order valence-electron chi connectivity index (χ2n) is 5.31. The minimum absolute atomic E-state index is 0.236. The summed E-state index contributed by atoms with van der Waals surface area (Å²) in [5.74, 6) is -0.247. The first-order chi connectivity index (χ1) is 12.2. The lowest BCUT2D eigenvalue weighted by molar-refractivity contribution is 0.0699. The largest absolute Gasteiger partial charge is 0.478 e. The molecule has 6 heteroatoms. The van der Waals surface area contributed by atoms with Crippen molar-refractivity contribution >= 4 is 40.4 Å². The Kier molecular flexibility index (Phi) is 3.87. The first kappa shape index (κ1) is 15.3. The second kappa shape index (κ2) is 6.33. The number of hydrogen-bond acceptors (Lipinski definition) is 5. The van der Waals surface area contributed by atoms with Gasteiger partial charge in [0, 0.05) is 10.8 Å². The first-order valence-electron chi connectivity index (χ1n) is 7.51. The molecule has 0 unspecified atom stereocenters. The summed E-state index contributed by atoms with van der Waals surface area (Å²) in [7, 11) is 0. The maximum Gasteiger partial charge on any atom is 0.336 e. The molecule has 0 aliphatic heterocycles. The van der Waals surface area contributed by atoms with Gasteiger partial charge in [0.25, 0.3) is 0 Å². The summed E-state index contributed by atoms with van der Waals surface area (Å²) in [4.78, 5) is 20.5. The van der Waals surface area contributed by atoms with Crippen LogP contribution in [0.2, 0.25) is 0 Å². The first-order valence-corrected chi connectivity index (χ1v) is 8.39. The van der Waals surface area contributed by atoms with Crippen LogP contribution in [0.25, 0.3) is 33.8 Å². The van der Waals surface area contributed by atoms with Crippen molar-refractivity contribution in [1.82, 2.24) is 9.97 Å². The lowest BCUT2D eigenvalue weighted by atomic mass is 10.1. The van der Waals surface area contributed by atoms with Crippen LogP contribution in [0, 0.1) is 0 Å². The van der Waals surface area contributed by atoms with Crippen molar-refractivity contribution in [2.75, 3.05) is 0 Å². The fraction of sp³-hybridized carbons (Fsp3) is 0. The number of carboxylic acid groups (broad SMARTS) is 1. The van der Waals surface area contributed by atoms with Crippen LogP contribution >= 0.6 is 11.3 Å². The van der Waals surface area contributed by atoms with Gasteiger partial charge in [0.15, 0.2) is 10.8 Å². The zero-order valence-corrected chi connectivity index (χ0v) is 13.7. The molecule has 4 aromatic rings. The van der Waals surface area contributed by atoms with Crippen LogP contribution in [-0.2, 0) is 0 Å². The molecule has 1 aromatic carbocycles. The minimum Gasteiger partial charge on any atom is -0.478 e. The van der Waals surface area contributed by atoms with Crippen molar-refractivity contribution in [3.8, 4) is 10.8 Å². The fourth-order valence-corrected chi connectivity index (χ4v) is 3.26. The molecule has 0 spiro atoms. The molecule has 0 aliphatic carbocycles. The average molecular weight is 348 g/mol. The number of aromatic carboxylic acids is 1. The van der Waals surface area contributed by atoms with E-state index in [0.717, 1.165) is 16.5 Å². The molecule has 0 radical (unpaired) electrons. The molecule has 3 heterocycles. The lowest BCUT2D eigenvalue weighted by Gasteiger charge is -2.03. The zero-order chi connectivity index (χ0) is 17.2. The van der Waals surface area contributed by atoms with Gasteiger partial charge >= 0.3 is 5.97 Å². The maximum absolute atomic E-state index is 11.5. The Morgan fingerprint density at radius 3 is 2.72 bits per heavy atom. The van der Waals surface area contributed by atoms with E-state index in [9.17, 15) is 9.90 Å². The Labute approximate surface area is 146 Å². The Bertz CT molecular complexity index is 1080. The van der Waals surface area contributed by atoms with Gasteiger partial charge in [-0.1, -0.05) is 18.2 Å². The molecule has 0 aliphatic rings. The third-order valence-electron chi connectivity index (χ3n) is 3.65.